The van der Waals surface area contributed by atoms with Gasteiger partial charge in [-0.25, -0.2) is 9.97 Å². The van der Waals surface area contributed by atoms with Gasteiger partial charge in [0.15, 0.2) is 5.16 Å². The van der Waals surface area contributed by atoms with E-state index in [4.69, 9.17) is 0 Å². The summed E-state index contributed by atoms with van der Waals surface area (Å²) in [5.41, 5.74) is 0. The fraction of sp³-hybridized carbons (Fsp3) is 0.667. The summed E-state index contributed by atoms with van der Waals surface area (Å²) >= 11 is 1.58. The predicted molar refractivity (Wildman–Crippen MR) is 73.9 cm³/mol. The SMILES string of the molecule is CNc1cc(N2CC(C)CC2C)nc(SC)n1. The highest BCUT2D eigenvalue weighted by Crippen LogP contribution is 2.29. The summed E-state index contributed by atoms with van der Waals surface area (Å²) in [6.07, 6.45) is 3.25. The number of aromatic nitrogens is 2. The second kappa shape index (κ2) is 5.12. The summed E-state index contributed by atoms with van der Waals surface area (Å²) in [6.45, 7) is 5.66. The minimum atomic E-state index is 0.569. The van der Waals surface area contributed by atoms with Gasteiger partial charge in [0.1, 0.15) is 11.6 Å². The number of nitrogens with one attached hydrogen (secondary N) is 1. The molecule has 2 heterocycles. The molecule has 1 fully saturated rings. The summed E-state index contributed by atoms with van der Waals surface area (Å²) in [4.78, 5) is 11.4. The Kier molecular flexibility index (Phi) is 3.76. The minimum Gasteiger partial charge on any atom is -0.373 e. The average Bonchev–Trinajstić information content (AvgIpc) is 2.67. The molecular weight excluding hydrogens is 232 g/mol. The van der Waals surface area contributed by atoms with E-state index in [1.165, 1.54) is 6.42 Å². The molecule has 2 unspecified atom stereocenters. The zero-order valence-corrected chi connectivity index (χ0v) is 11.7. The van der Waals surface area contributed by atoms with Crippen molar-refractivity contribution >= 4 is 23.4 Å². The molecule has 0 saturated carbocycles. The first-order valence-electron chi connectivity index (χ1n) is 6.01. The van der Waals surface area contributed by atoms with Crippen molar-refractivity contribution in [2.75, 3.05) is 30.1 Å². The van der Waals surface area contributed by atoms with E-state index in [-0.39, 0.29) is 0 Å². The van der Waals surface area contributed by atoms with E-state index >= 15 is 0 Å². The van der Waals surface area contributed by atoms with E-state index in [0.717, 1.165) is 29.3 Å². The van der Waals surface area contributed by atoms with Crippen molar-refractivity contribution in [2.24, 2.45) is 5.92 Å². The van der Waals surface area contributed by atoms with Gasteiger partial charge in [0, 0.05) is 25.7 Å². The van der Waals surface area contributed by atoms with Gasteiger partial charge in [0.25, 0.3) is 0 Å². The number of hydrogen-bond acceptors (Lipinski definition) is 5. The van der Waals surface area contributed by atoms with Crippen LogP contribution in [0.4, 0.5) is 11.6 Å². The van der Waals surface area contributed by atoms with Gasteiger partial charge in [-0.2, -0.15) is 0 Å². The summed E-state index contributed by atoms with van der Waals surface area (Å²) in [7, 11) is 1.90. The van der Waals surface area contributed by atoms with Crippen LogP contribution >= 0.6 is 11.8 Å². The highest BCUT2D eigenvalue weighted by atomic mass is 32.2. The molecule has 2 atom stereocenters. The smallest absolute Gasteiger partial charge is 0.191 e. The Morgan fingerprint density at radius 2 is 2.18 bits per heavy atom. The van der Waals surface area contributed by atoms with Gasteiger partial charge in [0.2, 0.25) is 0 Å². The van der Waals surface area contributed by atoms with E-state index < -0.39 is 0 Å². The lowest BCUT2D eigenvalue weighted by Gasteiger charge is -2.23. The standard InChI is InChI=1S/C12H20N4S/c1-8-5-9(2)16(7-8)11-6-10(13-3)14-12(15-11)17-4/h6,8-9H,5,7H2,1-4H3,(H,13,14,15). The lowest BCUT2D eigenvalue weighted by atomic mass is 10.1. The van der Waals surface area contributed by atoms with E-state index in [1.54, 1.807) is 11.8 Å². The van der Waals surface area contributed by atoms with Crippen LogP contribution in [0.15, 0.2) is 11.2 Å². The molecule has 0 amide bonds. The lowest BCUT2D eigenvalue weighted by Crippen LogP contribution is -2.27. The fourth-order valence-corrected chi connectivity index (χ4v) is 2.77. The highest BCUT2D eigenvalue weighted by Gasteiger charge is 2.27. The second-order valence-corrected chi connectivity index (χ2v) is 5.46. The third kappa shape index (κ3) is 2.65. The quantitative estimate of drug-likeness (QED) is 0.661. The highest BCUT2D eigenvalue weighted by molar-refractivity contribution is 7.98. The molecule has 0 radical (unpaired) electrons. The van der Waals surface area contributed by atoms with E-state index in [9.17, 15) is 0 Å². The maximum Gasteiger partial charge on any atom is 0.191 e. The molecular formula is C12H20N4S. The number of anilines is 2. The Hall–Kier alpha value is -0.970. The van der Waals surface area contributed by atoms with Gasteiger partial charge in [-0.3, -0.25) is 0 Å². The van der Waals surface area contributed by atoms with Gasteiger partial charge in [-0.1, -0.05) is 18.7 Å². The molecule has 1 aliphatic rings. The fourth-order valence-electron chi connectivity index (χ4n) is 2.40. The normalized spacial score (nSPS) is 24.1. The van der Waals surface area contributed by atoms with Crippen LogP contribution < -0.4 is 10.2 Å². The van der Waals surface area contributed by atoms with Crippen molar-refractivity contribution in [3.05, 3.63) is 6.07 Å². The number of rotatable bonds is 3. The van der Waals surface area contributed by atoms with Crippen LogP contribution in [0, 0.1) is 5.92 Å². The Balaban J connectivity index is 2.31. The van der Waals surface area contributed by atoms with Crippen LogP contribution in [0.2, 0.25) is 0 Å². The van der Waals surface area contributed by atoms with Crippen molar-refractivity contribution in [3.8, 4) is 0 Å². The molecule has 17 heavy (non-hydrogen) atoms. The maximum atomic E-state index is 4.60. The van der Waals surface area contributed by atoms with Gasteiger partial charge in [-0.05, 0) is 25.5 Å². The van der Waals surface area contributed by atoms with E-state index in [0.29, 0.717) is 6.04 Å². The summed E-state index contributed by atoms with van der Waals surface area (Å²) < 4.78 is 0. The molecule has 1 aliphatic heterocycles. The first-order valence-corrected chi connectivity index (χ1v) is 7.24. The zero-order valence-electron chi connectivity index (χ0n) is 10.9. The van der Waals surface area contributed by atoms with Crippen molar-refractivity contribution in [1.82, 2.24) is 9.97 Å². The molecule has 1 N–H and O–H groups in total. The third-order valence-electron chi connectivity index (χ3n) is 3.21. The molecule has 2 rings (SSSR count). The van der Waals surface area contributed by atoms with Crippen LogP contribution in [-0.4, -0.2) is 35.9 Å². The molecule has 5 heteroatoms. The summed E-state index contributed by atoms with van der Waals surface area (Å²) in [5.74, 6) is 2.69. The molecule has 0 aliphatic carbocycles. The number of thioether (sulfide) groups is 1. The van der Waals surface area contributed by atoms with Gasteiger partial charge in [-0.15, -0.1) is 0 Å². The van der Waals surface area contributed by atoms with Crippen LogP contribution in [0.1, 0.15) is 20.3 Å². The van der Waals surface area contributed by atoms with E-state index in [2.05, 4.69) is 34.0 Å². The number of hydrogen-bond donors (Lipinski definition) is 1. The monoisotopic (exact) mass is 252 g/mol. The molecule has 1 aromatic rings. The first-order chi connectivity index (χ1) is 8.13. The van der Waals surface area contributed by atoms with Crippen LogP contribution in [0.25, 0.3) is 0 Å². The first kappa shape index (κ1) is 12.5. The third-order valence-corrected chi connectivity index (χ3v) is 3.76. The average molecular weight is 252 g/mol. The van der Waals surface area contributed by atoms with Crippen molar-refractivity contribution in [2.45, 2.75) is 31.5 Å². The summed E-state index contributed by atoms with van der Waals surface area (Å²) in [5, 5.41) is 3.93. The van der Waals surface area contributed by atoms with Crippen molar-refractivity contribution < 1.29 is 0 Å². The van der Waals surface area contributed by atoms with E-state index in [1.807, 2.05) is 19.4 Å². The minimum absolute atomic E-state index is 0.569. The van der Waals surface area contributed by atoms with Crippen LogP contribution in [0.3, 0.4) is 0 Å². The molecule has 94 valence electrons. The summed E-state index contributed by atoms with van der Waals surface area (Å²) in [6, 6.07) is 2.60. The zero-order chi connectivity index (χ0) is 12.4. The molecule has 1 saturated heterocycles. The predicted octanol–water partition coefficient (Wildman–Crippen LogP) is 2.47. The van der Waals surface area contributed by atoms with Crippen molar-refractivity contribution in [3.63, 3.8) is 0 Å². The molecule has 0 spiro atoms. The Morgan fingerprint density at radius 3 is 2.71 bits per heavy atom. The number of nitrogens with zero attached hydrogens (tertiary/aromatic N) is 3. The van der Waals surface area contributed by atoms with Gasteiger partial charge < -0.3 is 10.2 Å². The molecule has 0 aromatic carbocycles. The topological polar surface area (TPSA) is 41.0 Å². The van der Waals surface area contributed by atoms with Crippen molar-refractivity contribution in [1.29, 1.82) is 0 Å². The van der Waals surface area contributed by atoms with Crippen LogP contribution in [-0.2, 0) is 0 Å². The Morgan fingerprint density at radius 1 is 1.41 bits per heavy atom. The van der Waals surface area contributed by atoms with Gasteiger partial charge >= 0.3 is 0 Å². The molecule has 0 bridgehead atoms. The van der Waals surface area contributed by atoms with Gasteiger partial charge in [0.05, 0.1) is 0 Å². The maximum absolute atomic E-state index is 4.60. The Bertz CT molecular complexity index is 374. The second-order valence-electron chi connectivity index (χ2n) is 4.69. The molecule has 1 aromatic heterocycles. The molecule has 4 nitrogen and oxygen atoms in total. The lowest BCUT2D eigenvalue weighted by molar-refractivity contribution is 0.625. The Labute approximate surface area is 107 Å². The largest absolute Gasteiger partial charge is 0.373 e. The van der Waals surface area contributed by atoms with Crippen LogP contribution in [0.5, 0.6) is 0 Å².